The van der Waals surface area contributed by atoms with E-state index in [4.69, 9.17) is 46.1 Å². The number of benzene rings is 5. The first kappa shape index (κ1) is 105. The van der Waals surface area contributed by atoms with Gasteiger partial charge >= 0.3 is 40.9 Å². The van der Waals surface area contributed by atoms with E-state index in [1.807, 2.05) is 13.8 Å². The van der Waals surface area contributed by atoms with Gasteiger partial charge in [0.25, 0.3) is 0 Å². The van der Waals surface area contributed by atoms with Gasteiger partial charge in [-0.2, -0.15) is 25.5 Å². The third-order valence-electron chi connectivity index (χ3n) is 19.9. The van der Waals surface area contributed by atoms with Gasteiger partial charge < -0.3 is 87.9 Å². The van der Waals surface area contributed by atoms with Gasteiger partial charge in [0.1, 0.15) is 111 Å². The Morgan fingerprint density at radius 1 is 0.521 bits per heavy atom. The third-order valence-corrected chi connectivity index (χ3v) is 19.9. The third kappa shape index (κ3) is 29.6. The van der Waals surface area contributed by atoms with Crippen LogP contribution in [0, 0.1) is 59.4 Å². The average Bonchev–Trinajstić information content (AvgIpc) is 1.67. The Morgan fingerprint density at radius 2 is 0.880 bits per heavy atom. The number of ether oxygens (including phenoxy) is 6. The number of halogens is 6. The highest BCUT2D eigenvalue weighted by Crippen LogP contribution is 2.36. The summed E-state index contributed by atoms with van der Waals surface area (Å²) >= 11 is 0. The number of nitrogens with one attached hydrogen (secondary N) is 6. The number of fused-ring (bicyclic) bond motifs is 6. The number of carbonyl (C=O) groups is 5. The lowest BCUT2D eigenvalue weighted by molar-refractivity contribution is -0.383. The number of carboxylic acids is 2. The SMILES string of the molecule is CCOC(=O)CCO.CCOC(=O)CCOc1ccc(F)cc1[C@@H](C)Nc1ccn2ncc([N+](=O)[O-])c2n1.C[C@@H](Nc1ccn2ncc(N)c2n1)c1cc(F)ccc1OCCC(=O)O.C[C@@H](Nc1ccn2ncc([N+](=O)[O-])c2n1)c1cc(F)ccc1O.C[C@@H](Nc1ccn2ncc([N+](=O)[O-])c2n1)c1cc(F)ccc1OCCC(=O)O.C[C@H]1Nc2ccn3ncc(c3n2)NC(=O)CCOc2ccc(F)cc21.[2H]CF.[3H-]. The van der Waals surface area contributed by atoms with E-state index in [1.54, 1.807) is 98.6 Å². The molecule has 0 aliphatic carbocycles. The molecule has 10 aromatic heterocycles. The maximum absolute atomic E-state index is 13.8. The fourth-order valence-corrected chi connectivity index (χ4v) is 13.3. The van der Waals surface area contributed by atoms with Crippen molar-refractivity contribution >= 4 is 116 Å². The van der Waals surface area contributed by atoms with Crippen LogP contribution in [0.3, 0.4) is 0 Å². The van der Waals surface area contributed by atoms with E-state index in [-0.39, 0.29) is 149 Å². The lowest BCUT2D eigenvalue weighted by Crippen LogP contribution is -2.15. The Morgan fingerprint density at radius 3 is 1.30 bits per heavy atom. The molecule has 11 heterocycles. The molecule has 0 radical (unpaired) electrons. The van der Waals surface area contributed by atoms with Gasteiger partial charge in [-0.1, -0.05) is 0 Å². The van der Waals surface area contributed by atoms with E-state index in [0.29, 0.717) is 109 Å². The summed E-state index contributed by atoms with van der Waals surface area (Å²) in [6, 6.07) is 26.3. The number of aromatic hydroxyl groups is 1. The van der Waals surface area contributed by atoms with E-state index < -0.39 is 75.3 Å². The number of hydrogen-bond acceptors (Lipinski definition) is 35. The number of nitro groups is 3. The van der Waals surface area contributed by atoms with Gasteiger partial charge in [0.2, 0.25) is 22.8 Å². The molecule has 15 aromatic rings. The molecule has 750 valence electrons. The van der Waals surface area contributed by atoms with Crippen molar-refractivity contribution in [2.45, 2.75) is 111 Å². The molecule has 5 aromatic carbocycles. The number of amides is 1. The highest BCUT2D eigenvalue weighted by atomic mass is 19.1. The first-order valence-corrected chi connectivity index (χ1v) is 42.9. The van der Waals surface area contributed by atoms with E-state index in [2.05, 4.69) is 87.1 Å². The zero-order valence-electron chi connectivity index (χ0n) is 78.5. The number of nitrogens with zero attached hydrogens (tertiary/aromatic N) is 18. The number of carbonyl (C=O) groups excluding carboxylic acids is 3. The summed E-state index contributed by atoms with van der Waals surface area (Å²) in [5.74, 6) is -1.28. The van der Waals surface area contributed by atoms with Gasteiger partial charge in [-0.05, 0) is 170 Å². The van der Waals surface area contributed by atoms with Gasteiger partial charge in [-0.25, -0.2) is 69.4 Å². The Hall–Kier alpha value is -17.9. The lowest BCUT2D eigenvalue weighted by Gasteiger charge is -2.19. The van der Waals surface area contributed by atoms with Crippen LogP contribution in [-0.4, -0.2) is 191 Å². The van der Waals surface area contributed by atoms with Gasteiger partial charge in [0.05, 0.1) is 150 Å². The predicted molar refractivity (Wildman–Crippen MR) is 501 cm³/mol. The molecule has 12 N–H and O–H groups in total. The summed E-state index contributed by atoms with van der Waals surface area (Å²) in [5, 5.41) is 107. The van der Waals surface area contributed by atoms with Crippen molar-refractivity contribution in [2.75, 3.05) is 91.0 Å². The van der Waals surface area contributed by atoms with Crippen LogP contribution in [0.2, 0.25) is 0 Å². The largest absolute Gasteiger partial charge is 1.00 e. The number of nitrogens with two attached hydrogens (primary N) is 1. The Bertz CT molecular complexity index is 6980. The Labute approximate surface area is 803 Å². The van der Waals surface area contributed by atoms with Crippen molar-refractivity contribution in [3.63, 3.8) is 0 Å². The number of phenols is 1. The molecule has 0 unspecified atom stereocenters. The zero-order chi connectivity index (χ0) is 104. The molecule has 0 saturated heterocycles. The normalized spacial score (nSPS) is 12.8. The van der Waals surface area contributed by atoms with Crippen molar-refractivity contribution in [1.29, 1.82) is 0 Å². The first-order chi connectivity index (χ1) is 68.4. The van der Waals surface area contributed by atoms with Gasteiger partial charge in [0, 0.05) is 58.8 Å². The maximum atomic E-state index is 13.8. The van der Waals surface area contributed by atoms with Crippen molar-refractivity contribution < 1.29 is 117 Å². The lowest BCUT2D eigenvalue weighted by atomic mass is 10.1. The van der Waals surface area contributed by atoms with Crippen LogP contribution in [0.15, 0.2) is 183 Å². The molecule has 0 fully saturated rings. The molecule has 0 saturated carbocycles. The van der Waals surface area contributed by atoms with Crippen molar-refractivity contribution in [3.8, 4) is 28.7 Å². The topological polar surface area (TPSA) is 600 Å². The van der Waals surface area contributed by atoms with Crippen LogP contribution >= 0.6 is 0 Å². The van der Waals surface area contributed by atoms with Crippen molar-refractivity contribution in [1.82, 2.24) is 73.0 Å². The minimum Gasteiger partial charge on any atom is -1.00 e. The number of nitrogen functional groups attached to an aromatic ring is 1. The van der Waals surface area contributed by atoms with E-state index in [0.717, 1.165) is 24.7 Å². The number of carboxylic acid groups (broad SMARTS) is 2. The Balaban J connectivity index is 0.000000195. The Kier molecular flexibility index (Phi) is 37.4. The number of anilines is 7. The van der Waals surface area contributed by atoms with Gasteiger partial charge in [-0.3, -0.25) is 58.7 Å². The van der Waals surface area contributed by atoms with E-state index >= 15 is 0 Å². The number of alkyl halides is 1. The summed E-state index contributed by atoms with van der Waals surface area (Å²) in [4.78, 5) is 108. The highest BCUT2D eigenvalue weighted by molar-refractivity contribution is 5.94. The molecule has 5 atom stereocenters. The van der Waals surface area contributed by atoms with E-state index in [1.165, 1.54) is 117 Å². The second kappa shape index (κ2) is 50.8. The number of esters is 2. The monoisotopic (exact) mass is 1980 g/mol. The van der Waals surface area contributed by atoms with Crippen molar-refractivity contribution in [3.05, 3.63) is 271 Å². The molecular formula is C90H96F6N25O21-. The van der Waals surface area contributed by atoms with Crippen LogP contribution in [0.5, 0.6) is 28.7 Å². The number of aliphatic carboxylic acids is 2. The summed E-state index contributed by atoms with van der Waals surface area (Å²) in [5.41, 5.74) is 9.95. The number of aliphatic hydroxyl groups excluding tert-OH is 1. The van der Waals surface area contributed by atoms with E-state index in [9.17, 15) is 85.8 Å². The van der Waals surface area contributed by atoms with Crippen molar-refractivity contribution in [2.24, 2.45) is 0 Å². The van der Waals surface area contributed by atoms with Crippen LogP contribution in [0.1, 0.15) is 141 Å². The molecular weight excluding hydrogens is 1880 g/mol. The predicted octanol–water partition coefficient (Wildman–Crippen LogP) is 14.6. The first-order valence-electron chi connectivity index (χ1n) is 43.6. The van der Waals surface area contributed by atoms with Gasteiger partial charge in [-0.15, -0.1) is 0 Å². The number of hydrogen-bond donors (Lipinski definition) is 11. The smallest absolute Gasteiger partial charge is 0.333 e. The average molecular weight is 1980 g/mol. The van der Waals surface area contributed by atoms with Crippen LogP contribution in [-0.2, 0) is 33.4 Å². The number of aromatic nitrogens is 15. The highest BCUT2D eigenvalue weighted by Gasteiger charge is 2.26. The number of phenolic OH excluding ortho intramolecular Hbond substituents is 1. The molecule has 2 bridgehead atoms. The van der Waals surface area contributed by atoms with Crippen LogP contribution in [0.4, 0.5) is 83.9 Å². The molecule has 52 heteroatoms. The second-order valence-electron chi connectivity index (χ2n) is 30.0. The fraction of sp³-hybridized carbons (Fsp3) is 0.278. The molecule has 1 aliphatic rings. The molecule has 142 heavy (non-hydrogen) atoms. The summed E-state index contributed by atoms with van der Waals surface area (Å²) in [6.07, 6.45) is 14.4. The minimum atomic E-state index is -1.00. The maximum Gasteiger partial charge on any atom is 0.333 e. The molecule has 0 spiro atoms. The fourth-order valence-electron chi connectivity index (χ4n) is 13.3. The molecule has 16 rings (SSSR count). The van der Waals surface area contributed by atoms with Gasteiger partial charge in [0.15, 0.2) is 11.3 Å². The summed E-state index contributed by atoms with van der Waals surface area (Å²) in [7, 11) is -1.00. The molecule has 46 nitrogen and oxygen atoms in total. The number of aliphatic hydroxyl groups is 1. The summed E-state index contributed by atoms with van der Waals surface area (Å²) < 4.78 is 122. The summed E-state index contributed by atoms with van der Waals surface area (Å²) in [6.45, 7) is 13.1. The molecule has 1 aliphatic heterocycles. The zero-order valence-corrected chi connectivity index (χ0v) is 76.5. The quantitative estimate of drug-likeness (QED) is 0.00832. The van der Waals surface area contributed by atoms with Crippen LogP contribution < -0.4 is 56.6 Å². The second-order valence-corrected chi connectivity index (χ2v) is 30.0. The number of rotatable bonds is 31. The van der Waals surface area contributed by atoms with Crippen LogP contribution in [0.25, 0.3) is 28.2 Å². The minimum absolute atomic E-state index is 0. The molecule has 1 amide bonds. The standard InChI is InChI=1S/C19H20FN5O5.C17H16FN5O5.C17H18FN5O3.C17H16FN5O2.C14H12FN5O3.C5H10O3.CH3F.H/c1-3-29-18(26)7-9-30-16-5-4-13(20)10-14(16)12(2)22-17-6-8-24-19(23-17)15(11-21-24)25(27)28;1-10(12-8-11(18)2-3-14(12)28-7-5-16(24)25)20-15-4-6-22-17(21-15)13(9-19-22)23(26)27;1-10(21-15-4-6-23-17(22-15)13(19)9-20-23)12-8-11(18)2-3-14(12)26-7-5-16(24)25;1-10-12-8-11(18)2-3-14(12)25-7-5-16(24)21-13-9-19-23-6-4-15(20-10)22-17(13)23;1-8(10-6-9(15)2-3-12(10)21)17-13-4-5-19-14(18-13)11(7-16-19)20(22)23;1-2-8-5(7)3-4-6;1-2;/h4-6,8,10-12H,3,7,9H2,1-2H3,(H,22,23);2-4,6,8-10H,5,7H2,1H3,(H,20,21)(H,24,25);2-4,6,8-10H,5,7,19H2,1H3,(H,21,22)(H,24,25);2-4,6,8-10H,5,7H2,1H3,(H,20,22)(H,21,24);2-8,21H,1H3,(H,17,18);6H,2-4H2,1H3;1H3;/q;;;;;;;-1/t12-;3*10-;8-;;;/m11111.../s1/i;;;;;;1D;1+2.